The minimum atomic E-state index is -4.43. The number of hydrogen-bond acceptors (Lipinski definition) is 5. The number of benzene rings is 2. The molecule has 3 aromatic rings. The normalized spacial score (nSPS) is 13.7. The van der Waals surface area contributed by atoms with Crippen LogP contribution in [0.25, 0.3) is 10.9 Å². The van der Waals surface area contributed by atoms with Crippen molar-refractivity contribution >= 4 is 34.1 Å². The number of anilines is 2. The second-order valence-electron chi connectivity index (χ2n) is 10.9. The Balaban J connectivity index is 1.49. The summed E-state index contributed by atoms with van der Waals surface area (Å²) in [5, 5.41) is 9.85. The van der Waals surface area contributed by atoms with E-state index in [2.05, 4.69) is 34.7 Å². The van der Waals surface area contributed by atoms with E-state index in [0.717, 1.165) is 37.8 Å². The molecular weight excluding hydrogens is 571 g/mol. The van der Waals surface area contributed by atoms with Gasteiger partial charge in [0.2, 0.25) is 5.91 Å². The van der Waals surface area contributed by atoms with E-state index in [1.807, 2.05) is 11.0 Å². The quantitative estimate of drug-likeness (QED) is 0.182. The zero-order valence-corrected chi connectivity index (χ0v) is 25.4. The molecule has 1 aliphatic heterocycles. The van der Waals surface area contributed by atoms with Crippen LogP contribution in [0.4, 0.5) is 24.5 Å². The van der Waals surface area contributed by atoms with Crippen molar-refractivity contribution < 1.29 is 27.5 Å². The Morgan fingerprint density at radius 3 is 2.52 bits per heavy atom. The maximum Gasteiger partial charge on any atom is 0.406 e. The van der Waals surface area contributed by atoms with E-state index in [9.17, 15) is 22.8 Å². The number of aromatic nitrogens is 1. The number of carbonyl (C=O) groups excluding carboxylic acids is 2. The van der Waals surface area contributed by atoms with Gasteiger partial charge in [-0.05, 0) is 61.6 Å². The van der Waals surface area contributed by atoms with E-state index in [-0.39, 0.29) is 30.1 Å². The summed E-state index contributed by atoms with van der Waals surface area (Å²) in [6.45, 7) is 2.42. The van der Waals surface area contributed by atoms with Crippen LogP contribution in [0.5, 0.6) is 5.75 Å². The van der Waals surface area contributed by atoms with Gasteiger partial charge in [0.1, 0.15) is 12.3 Å². The summed E-state index contributed by atoms with van der Waals surface area (Å²) in [5.41, 5.74) is 2.48. The monoisotopic (exact) mass is 611 g/mol. The van der Waals surface area contributed by atoms with E-state index < -0.39 is 12.7 Å². The smallest absolute Gasteiger partial charge is 0.406 e. The first-order valence-electron chi connectivity index (χ1n) is 15.0. The molecule has 0 radical (unpaired) electrons. The van der Waals surface area contributed by atoms with Gasteiger partial charge in [-0.2, -0.15) is 13.2 Å². The van der Waals surface area contributed by atoms with Crippen LogP contribution >= 0.6 is 0 Å². The van der Waals surface area contributed by atoms with Gasteiger partial charge < -0.3 is 30.2 Å². The van der Waals surface area contributed by atoms with Crippen LogP contribution in [0.15, 0.2) is 42.5 Å². The third kappa shape index (κ3) is 8.40. The number of rotatable bonds is 11. The Hall–Kier alpha value is -4.33. The standard InChI is InChI=1S/C33H40F3N5O3/c1-4-5-6-12-31(42)40-18-15-24(16-19-40)39-27-10-7-11-29-26(27)21-25(41(29)22-33(34,35)36)9-8-17-38-28-14-13-23(32(43)37-2)20-30(28)44-3/h7,10-11,13-14,20-21,24,38-39H,4-6,12,15-19,22H2,1-3H3,(H,37,43). The molecule has 3 N–H and O–H groups in total. The molecule has 2 amide bonds. The number of ether oxygens (including phenoxy) is 1. The molecule has 0 spiro atoms. The largest absolute Gasteiger partial charge is 0.495 e. The molecule has 1 aromatic heterocycles. The summed E-state index contributed by atoms with van der Waals surface area (Å²) < 4.78 is 47.5. The lowest BCUT2D eigenvalue weighted by Crippen LogP contribution is -2.42. The summed E-state index contributed by atoms with van der Waals surface area (Å²) in [4.78, 5) is 26.3. The maximum atomic E-state index is 13.6. The molecule has 0 saturated carbocycles. The number of likely N-dealkylation sites (tertiary alicyclic amines) is 1. The number of unbranched alkanes of at least 4 members (excludes halogenated alkanes) is 2. The number of nitrogens with zero attached hydrogens (tertiary/aromatic N) is 2. The molecule has 0 aliphatic carbocycles. The molecule has 1 fully saturated rings. The highest BCUT2D eigenvalue weighted by atomic mass is 19.4. The average molecular weight is 612 g/mol. The van der Waals surface area contributed by atoms with E-state index in [4.69, 9.17) is 4.74 Å². The molecule has 0 atom stereocenters. The molecule has 0 unspecified atom stereocenters. The fourth-order valence-corrected chi connectivity index (χ4v) is 5.44. The number of fused-ring (bicyclic) bond motifs is 1. The van der Waals surface area contributed by atoms with Crippen molar-refractivity contribution in [1.82, 2.24) is 14.8 Å². The highest BCUT2D eigenvalue weighted by Gasteiger charge is 2.30. The van der Waals surface area contributed by atoms with Crippen LogP contribution in [0.1, 0.15) is 61.5 Å². The van der Waals surface area contributed by atoms with Crippen LogP contribution in [-0.2, 0) is 11.3 Å². The van der Waals surface area contributed by atoms with E-state index in [0.29, 0.717) is 47.4 Å². The molecule has 236 valence electrons. The van der Waals surface area contributed by atoms with Gasteiger partial charge in [0.15, 0.2) is 0 Å². The van der Waals surface area contributed by atoms with E-state index in [1.165, 1.54) is 18.7 Å². The molecule has 0 bridgehead atoms. The minimum absolute atomic E-state index is 0.106. The van der Waals surface area contributed by atoms with Crippen molar-refractivity contribution in [3.63, 3.8) is 0 Å². The van der Waals surface area contributed by atoms with Gasteiger partial charge in [-0.15, -0.1) is 0 Å². The summed E-state index contributed by atoms with van der Waals surface area (Å²) >= 11 is 0. The zero-order valence-electron chi connectivity index (χ0n) is 25.4. The minimum Gasteiger partial charge on any atom is -0.495 e. The second kappa shape index (κ2) is 14.9. The number of piperidine rings is 1. The Kier molecular flexibility index (Phi) is 11.0. The Morgan fingerprint density at radius 2 is 1.84 bits per heavy atom. The maximum absolute atomic E-state index is 13.6. The number of halogens is 3. The SMILES string of the molecule is CCCCCC(=O)N1CCC(Nc2cccc3c2cc(C#CCNc2ccc(C(=O)NC)cc2OC)n3CC(F)(F)F)CC1. The van der Waals surface area contributed by atoms with Crippen molar-refractivity contribution in [2.75, 3.05) is 44.4 Å². The first-order valence-corrected chi connectivity index (χ1v) is 15.0. The highest BCUT2D eigenvalue weighted by molar-refractivity contribution is 5.95. The van der Waals surface area contributed by atoms with E-state index >= 15 is 0 Å². The molecule has 1 saturated heterocycles. The highest BCUT2D eigenvalue weighted by Crippen LogP contribution is 2.31. The Labute approximate surface area is 256 Å². The number of nitrogens with one attached hydrogen (secondary N) is 3. The van der Waals surface area contributed by atoms with Crippen LogP contribution in [0.2, 0.25) is 0 Å². The third-order valence-electron chi connectivity index (χ3n) is 7.76. The summed E-state index contributed by atoms with van der Waals surface area (Å²) in [6.07, 6.45) is 0.718. The third-order valence-corrected chi connectivity index (χ3v) is 7.76. The number of alkyl halides is 3. The predicted octanol–water partition coefficient (Wildman–Crippen LogP) is 6.02. The number of methoxy groups -OCH3 is 1. The molecule has 8 nitrogen and oxygen atoms in total. The van der Waals surface area contributed by atoms with Gasteiger partial charge in [-0.25, -0.2) is 0 Å². The lowest BCUT2D eigenvalue weighted by molar-refractivity contribution is -0.140. The molecule has 1 aliphatic rings. The van der Waals surface area contributed by atoms with Crippen molar-refractivity contribution in [3.05, 3.63) is 53.7 Å². The summed E-state index contributed by atoms with van der Waals surface area (Å²) in [7, 11) is 3.02. The van der Waals surface area contributed by atoms with Crippen molar-refractivity contribution in [2.45, 2.75) is 64.2 Å². The number of amides is 2. The van der Waals surface area contributed by atoms with Gasteiger partial charge in [-0.1, -0.05) is 31.8 Å². The molecule has 2 heterocycles. The van der Waals surface area contributed by atoms with Gasteiger partial charge in [-0.3, -0.25) is 9.59 Å². The van der Waals surface area contributed by atoms with Crippen LogP contribution in [0.3, 0.4) is 0 Å². The van der Waals surface area contributed by atoms with Crippen LogP contribution < -0.4 is 20.7 Å². The fourth-order valence-electron chi connectivity index (χ4n) is 5.44. The van der Waals surface area contributed by atoms with Gasteiger partial charge >= 0.3 is 6.18 Å². The molecule has 44 heavy (non-hydrogen) atoms. The first kappa shape index (κ1) is 32.6. The average Bonchev–Trinajstić information content (AvgIpc) is 3.35. The number of hydrogen-bond donors (Lipinski definition) is 3. The second-order valence-corrected chi connectivity index (χ2v) is 10.9. The van der Waals surface area contributed by atoms with Crippen molar-refractivity contribution in [2.24, 2.45) is 0 Å². The summed E-state index contributed by atoms with van der Waals surface area (Å²) in [5.74, 6) is 6.23. The topological polar surface area (TPSA) is 87.6 Å². The fraction of sp³-hybridized carbons (Fsp3) is 0.455. The molecule has 2 aromatic carbocycles. The van der Waals surface area contributed by atoms with Gasteiger partial charge in [0.25, 0.3) is 5.91 Å². The van der Waals surface area contributed by atoms with Gasteiger partial charge in [0.05, 0.1) is 30.6 Å². The summed E-state index contributed by atoms with van der Waals surface area (Å²) in [6, 6.07) is 12.0. The predicted molar refractivity (Wildman–Crippen MR) is 167 cm³/mol. The van der Waals surface area contributed by atoms with Crippen molar-refractivity contribution in [1.29, 1.82) is 0 Å². The Morgan fingerprint density at radius 1 is 1.07 bits per heavy atom. The molecular formula is C33H40F3N5O3. The van der Waals surface area contributed by atoms with Crippen molar-refractivity contribution in [3.8, 4) is 17.6 Å². The van der Waals surface area contributed by atoms with Gasteiger partial charge in [0, 0.05) is 49.2 Å². The Bertz CT molecular complexity index is 1510. The van der Waals surface area contributed by atoms with Crippen LogP contribution in [-0.4, -0.2) is 67.3 Å². The lowest BCUT2D eigenvalue weighted by atomic mass is 10.0. The zero-order chi connectivity index (χ0) is 31.7. The first-order chi connectivity index (χ1) is 21.1. The van der Waals surface area contributed by atoms with E-state index in [1.54, 1.807) is 36.4 Å². The number of carbonyl (C=O) groups is 2. The lowest BCUT2D eigenvalue weighted by Gasteiger charge is -2.33. The van der Waals surface area contributed by atoms with Crippen LogP contribution in [0, 0.1) is 11.8 Å². The molecule has 4 rings (SSSR count). The molecule has 11 heteroatoms.